The molecule has 0 saturated heterocycles. The van der Waals surface area contributed by atoms with Crippen LogP contribution in [-0.4, -0.2) is 56.7 Å². The first-order valence-corrected chi connectivity index (χ1v) is 16.8. The molecule has 0 bridgehead atoms. The summed E-state index contributed by atoms with van der Waals surface area (Å²) in [5.74, 6) is 0.308. The van der Waals surface area contributed by atoms with E-state index in [-0.39, 0.29) is 18.9 Å². The molecule has 0 amide bonds. The Hall–Kier alpha value is -1.62. The summed E-state index contributed by atoms with van der Waals surface area (Å²) >= 11 is 0. The predicted octanol–water partition coefficient (Wildman–Crippen LogP) is 7.24. The number of hydrogen-bond donors (Lipinski definition) is 3. The number of nitrogens with two attached hydrogens (primary N) is 1. The minimum Gasteiger partial charge on any atom is -0.382 e. The van der Waals surface area contributed by atoms with Gasteiger partial charge in [0.05, 0.1) is 32.2 Å². The first-order valence-electron chi connectivity index (χ1n) is 15.0. The number of fused-ring (bicyclic) bond motifs is 1. The van der Waals surface area contributed by atoms with Crippen molar-refractivity contribution < 1.29 is 23.5 Å². The number of unbranched alkanes of at least 4 members (excludes halogenated alkanes) is 14. The van der Waals surface area contributed by atoms with Gasteiger partial charge in [-0.3, -0.25) is 4.57 Å². The van der Waals surface area contributed by atoms with Gasteiger partial charge >= 0.3 is 7.60 Å². The first-order chi connectivity index (χ1) is 18.9. The third kappa shape index (κ3) is 16.0. The van der Waals surface area contributed by atoms with E-state index in [1.54, 1.807) is 17.8 Å². The van der Waals surface area contributed by atoms with Crippen molar-refractivity contribution in [2.75, 3.05) is 31.9 Å². The standard InChI is InChI=1S/C28H52N5O5P.H3N/c1-3-4-5-6-7-8-9-10-11-12-13-14-15-16-17-18-36-19-20-38-39(34,35)24-37-25(2)21-33-23-32-26-27(29)30-22-31-28(26)33;/h22-23,25H,3-21,24H2,1-2H3,(H,34,35)(H2,29,30,31);1H3/p+1/t25-;/m1./s1. The van der Waals surface area contributed by atoms with Crippen LogP contribution in [0.1, 0.15) is 110 Å². The Morgan fingerprint density at radius 2 is 1.45 bits per heavy atom. The molecule has 0 saturated carbocycles. The highest BCUT2D eigenvalue weighted by Crippen LogP contribution is 2.41. The predicted molar refractivity (Wildman–Crippen MR) is 163 cm³/mol. The molecule has 232 valence electrons. The molecule has 2 heterocycles. The summed E-state index contributed by atoms with van der Waals surface area (Å²) in [5.41, 5.74) is 6.91. The van der Waals surface area contributed by atoms with Crippen LogP contribution in [0.3, 0.4) is 0 Å². The molecule has 0 aromatic carbocycles. The van der Waals surface area contributed by atoms with E-state index in [1.807, 2.05) is 0 Å². The van der Waals surface area contributed by atoms with Crippen LogP contribution in [0.5, 0.6) is 0 Å². The minimum absolute atomic E-state index is 0. The summed E-state index contributed by atoms with van der Waals surface area (Å²) in [5, 5.41) is 0. The largest absolute Gasteiger partial charge is 0.382 e. The van der Waals surface area contributed by atoms with Gasteiger partial charge in [0.2, 0.25) is 0 Å². The Morgan fingerprint density at radius 3 is 2.05 bits per heavy atom. The SMILES string of the molecule is CCCCCCCCCCCCCCCCCOCCOP(=O)(O)CO[C@H](C)Cn1cnc2c(N)ncnc21.[NH4+]. The molecule has 2 atom stereocenters. The zero-order valence-corrected chi connectivity index (χ0v) is 26.2. The highest BCUT2D eigenvalue weighted by molar-refractivity contribution is 7.52. The Bertz CT molecular complexity index is 947. The lowest BCUT2D eigenvalue weighted by atomic mass is 10.0. The van der Waals surface area contributed by atoms with Crippen molar-refractivity contribution in [3.05, 3.63) is 12.7 Å². The molecule has 40 heavy (non-hydrogen) atoms. The lowest BCUT2D eigenvalue weighted by molar-refractivity contribution is 0.0610. The van der Waals surface area contributed by atoms with E-state index in [2.05, 4.69) is 21.9 Å². The summed E-state index contributed by atoms with van der Waals surface area (Å²) in [6, 6.07) is 0. The number of nitrogens with zero attached hydrogens (tertiary/aromatic N) is 4. The quantitative estimate of drug-likeness (QED) is 0.0799. The molecular formula is C28H56N6O5P+. The van der Waals surface area contributed by atoms with Crippen LogP contribution in [0, 0.1) is 0 Å². The van der Waals surface area contributed by atoms with Crippen molar-refractivity contribution in [1.29, 1.82) is 0 Å². The lowest BCUT2D eigenvalue weighted by Crippen LogP contribution is -2.18. The molecular weight excluding hydrogens is 531 g/mol. The van der Waals surface area contributed by atoms with Gasteiger partial charge in [-0.05, 0) is 13.3 Å². The van der Waals surface area contributed by atoms with E-state index in [0.29, 0.717) is 36.7 Å². The molecule has 0 aliphatic heterocycles. The topological polar surface area (TPSA) is 171 Å². The monoisotopic (exact) mass is 587 g/mol. The van der Waals surface area contributed by atoms with Gasteiger partial charge in [0.1, 0.15) is 18.2 Å². The third-order valence-corrected chi connectivity index (χ3v) is 7.88. The molecule has 7 N–H and O–H groups in total. The summed E-state index contributed by atoms with van der Waals surface area (Å²) < 4.78 is 30.3. The second kappa shape index (κ2) is 22.0. The molecule has 2 aromatic heterocycles. The molecule has 2 aromatic rings. The minimum atomic E-state index is -3.86. The van der Waals surface area contributed by atoms with Gasteiger partial charge in [0.15, 0.2) is 11.5 Å². The molecule has 0 aliphatic carbocycles. The van der Waals surface area contributed by atoms with Gasteiger partial charge in [-0.2, -0.15) is 0 Å². The molecule has 0 aliphatic rings. The number of ether oxygens (including phenoxy) is 2. The number of nitrogen functional groups attached to an aromatic ring is 1. The van der Waals surface area contributed by atoms with Crippen LogP contribution < -0.4 is 11.9 Å². The molecule has 11 nitrogen and oxygen atoms in total. The van der Waals surface area contributed by atoms with Crippen LogP contribution >= 0.6 is 7.60 Å². The Labute approximate surface area is 241 Å². The number of quaternary nitrogens is 1. The van der Waals surface area contributed by atoms with Crippen LogP contribution in [-0.2, 0) is 25.1 Å². The molecule has 1 unspecified atom stereocenters. The van der Waals surface area contributed by atoms with E-state index in [9.17, 15) is 9.46 Å². The number of anilines is 1. The van der Waals surface area contributed by atoms with Crippen molar-refractivity contribution in [3.63, 3.8) is 0 Å². The van der Waals surface area contributed by atoms with Gasteiger partial charge in [0, 0.05) is 6.61 Å². The summed E-state index contributed by atoms with van der Waals surface area (Å²) in [6.07, 6.45) is 22.2. The number of aromatic nitrogens is 4. The summed E-state index contributed by atoms with van der Waals surface area (Å²) in [7, 11) is -3.86. The van der Waals surface area contributed by atoms with Crippen LogP contribution in [0.4, 0.5) is 5.82 Å². The number of imidazole rings is 1. The van der Waals surface area contributed by atoms with E-state index in [0.717, 1.165) is 12.8 Å². The van der Waals surface area contributed by atoms with Crippen molar-refractivity contribution in [3.8, 4) is 0 Å². The fraction of sp³-hybridized carbons (Fsp3) is 0.821. The fourth-order valence-electron chi connectivity index (χ4n) is 4.54. The first kappa shape index (κ1) is 36.4. The maximum absolute atomic E-state index is 12.3. The van der Waals surface area contributed by atoms with Gasteiger partial charge in [-0.15, -0.1) is 0 Å². The van der Waals surface area contributed by atoms with E-state index >= 15 is 0 Å². The van der Waals surface area contributed by atoms with E-state index in [4.69, 9.17) is 19.7 Å². The van der Waals surface area contributed by atoms with Crippen LogP contribution in [0.25, 0.3) is 11.2 Å². The molecule has 0 spiro atoms. The Kier molecular flexibility index (Phi) is 20.1. The fourth-order valence-corrected chi connectivity index (χ4v) is 5.41. The van der Waals surface area contributed by atoms with E-state index < -0.39 is 13.9 Å². The normalized spacial score (nSPS) is 13.8. The molecule has 12 heteroatoms. The zero-order valence-electron chi connectivity index (χ0n) is 25.3. The van der Waals surface area contributed by atoms with Crippen molar-refractivity contribution >= 4 is 24.6 Å². The van der Waals surface area contributed by atoms with Crippen LogP contribution in [0.15, 0.2) is 12.7 Å². The molecule has 2 rings (SSSR count). The van der Waals surface area contributed by atoms with Crippen molar-refractivity contribution in [2.24, 2.45) is 0 Å². The van der Waals surface area contributed by atoms with Gasteiger partial charge in [0.25, 0.3) is 0 Å². The Morgan fingerprint density at radius 1 is 0.875 bits per heavy atom. The van der Waals surface area contributed by atoms with Gasteiger partial charge < -0.3 is 35.3 Å². The van der Waals surface area contributed by atoms with Gasteiger partial charge in [-0.1, -0.05) is 96.8 Å². The molecule has 0 radical (unpaired) electrons. The maximum atomic E-state index is 12.3. The van der Waals surface area contributed by atoms with Crippen molar-refractivity contribution in [2.45, 2.75) is 123 Å². The average molecular weight is 588 g/mol. The molecule has 0 fully saturated rings. The number of rotatable bonds is 25. The average Bonchev–Trinajstić information content (AvgIpc) is 3.32. The number of hydrogen-bond acceptors (Lipinski definition) is 8. The second-order valence-corrected chi connectivity index (χ2v) is 12.3. The van der Waals surface area contributed by atoms with E-state index in [1.165, 1.54) is 89.8 Å². The highest BCUT2D eigenvalue weighted by Gasteiger charge is 2.21. The third-order valence-electron chi connectivity index (χ3n) is 6.82. The highest BCUT2D eigenvalue weighted by atomic mass is 31.2. The summed E-state index contributed by atoms with van der Waals surface area (Å²) in [4.78, 5) is 22.4. The maximum Gasteiger partial charge on any atom is 0.353 e. The van der Waals surface area contributed by atoms with Gasteiger partial charge in [-0.25, -0.2) is 15.0 Å². The van der Waals surface area contributed by atoms with Crippen LogP contribution in [0.2, 0.25) is 0 Å². The lowest BCUT2D eigenvalue weighted by Gasteiger charge is -2.17. The second-order valence-electron chi connectivity index (χ2n) is 10.5. The zero-order chi connectivity index (χ0) is 28.2. The summed E-state index contributed by atoms with van der Waals surface area (Å²) in [6.45, 7) is 5.48. The smallest absolute Gasteiger partial charge is 0.353 e. The Balaban J connectivity index is 0.00000800. The van der Waals surface area contributed by atoms with Crippen molar-refractivity contribution in [1.82, 2.24) is 25.7 Å².